The van der Waals surface area contributed by atoms with Crippen molar-refractivity contribution in [3.63, 3.8) is 0 Å². The van der Waals surface area contributed by atoms with Crippen LogP contribution >= 0.6 is 0 Å². The molecule has 1 fully saturated rings. The van der Waals surface area contributed by atoms with Crippen LogP contribution in [0.1, 0.15) is 43.7 Å². The van der Waals surface area contributed by atoms with Crippen LogP contribution in [-0.4, -0.2) is 9.13 Å². The van der Waals surface area contributed by atoms with Crippen LogP contribution in [-0.2, 0) is 14.1 Å². The van der Waals surface area contributed by atoms with E-state index in [1.165, 1.54) is 24.0 Å². The van der Waals surface area contributed by atoms with Crippen LogP contribution in [0.3, 0.4) is 0 Å². The van der Waals surface area contributed by atoms with Gasteiger partial charge in [-0.2, -0.15) is 0 Å². The van der Waals surface area contributed by atoms with E-state index >= 15 is 0 Å². The average Bonchev–Trinajstić information content (AvgIpc) is 3.18. The van der Waals surface area contributed by atoms with E-state index in [0.717, 1.165) is 11.0 Å². The summed E-state index contributed by atoms with van der Waals surface area (Å²) in [5.41, 5.74) is 4.86. The summed E-state index contributed by atoms with van der Waals surface area (Å²) in [4.78, 5) is 11.9. The molecule has 0 unspecified atom stereocenters. The van der Waals surface area contributed by atoms with Gasteiger partial charge in [-0.3, -0.25) is 9.13 Å². The van der Waals surface area contributed by atoms with E-state index in [2.05, 4.69) is 19.1 Å². The van der Waals surface area contributed by atoms with Crippen LogP contribution in [0.25, 0.3) is 11.0 Å². The lowest BCUT2D eigenvalue weighted by molar-refractivity contribution is 0.793. The SMILES string of the molecule is CC.Cc1cc(C2CC2)c2c(c1)n(C)c(=O)n2C. The standard InChI is InChI=1S/C13H16N2O.C2H6/c1-8-6-10(9-4-5-9)12-11(7-8)14(2)13(16)15(12)3;1-2/h6-7,9H,4-5H2,1-3H3;1-2H3. The first kappa shape index (κ1) is 12.9. The van der Waals surface area contributed by atoms with E-state index in [9.17, 15) is 4.79 Å². The average molecular weight is 246 g/mol. The molecule has 0 N–H and O–H groups in total. The third-order valence-electron chi connectivity index (χ3n) is 3.55. The molecule has 1 aliphatic carbocycles. The largest absolute Gasteiger partial charge is 0.328 e. The molecule has 0 atom stereocenters. The highest BCUT2D eigenvalue weighted by atomic mass is 16.1. The Labute approximate surface area is 108 Å². The normalized spacial score (nSPS) is 14.5. The highest BCUT2D eigenvalue weighted by Crippen LogP contribution is 2.43. The Morgan fingerprint density at radius 1 is 1.11 bits per heavy atom. The molecule has 0 saturated heterocycles. The molecule has 98 valence electrons. The Morgan fingerprint density at radius 3 is 2.28 bits per heavy atom. The van der Waals surface area contributed by atoms with Gasteiger partial charge in [-0.05, 0) is 42.9 Å². The number of nitrogens with zero attached hydrogens (tertiary/aromatic N) is 2. The summed E-state index contributed by atoms with van der Waals surface area (Å²) < 4.78 is 3.52. The van der Waals surface area contributed by atoms with Crippen LogP contribution in [0, 0.1) is 6.92 Å². The molecule has 18 heavy (non-hydrogen) atoms. The zero-order valence-electron chi connectivity index (χ0n) is 11.9. The number of rotatable bonds is 1. The molecule has 0 aliphatic heterocycles. The highest BCUT2D eigenvalue weighted by Gasteiger charge is 2.27. The second-order valence-electron chi connectivity index (χ2n) is 4.90. The summed E-state index contributed by atoms with van der Waals surface area (Å²) in [6.45, 7) is 6.10. The fourth-order valence-corrected chi connectivity index (χ4v) is 2.54. The van der Waals surface area contributed by atoms with Gasteiger partial charge < -0.3 is 0 Å². The van der Waals surface area contributed by atoms with E-state index in [1.807, 2.05) is 27.9 Å². The van der Waals surface area contributed by atoms with Gasteiger partial charge in [0.15, 0.2) is 0 Å². The molecular formula is C15H22N2O. The van der Waals surface area contributed by atoms with Gasteiger partial charge in [0.05, 0.1) is 11.0 Å². The molecule has 1 saturated carbocycles. The predicted molar refractivity (Wildman–Crippen MR) is 76.2 cm³/mol. The van der Waals surface area contributed by atoms with Crippen molar-refractivity contribution in [3.05, 3.63) is 33.7 Å². The lowest BCUT2D eigenvalue weighted by atomic mass is 10.1. The molecule has 3 nitrogen and oxygen atoms in total. The number of imidazole rings is 1. The van der Waals surface area contributed by atoms with Gasteiger partial charge in [0.2, 0.25) is 0 Å². The fraction of sp³-hybridized carbons (Fsp3) is 0.533. The first-order chi connectivity index (χ1) is 8.59. The first-order valence-corrected chi connectivity index (χ1v) is 6.75. The number of hydrogen-bond acceptors (Lipinski definition) is 1. The maximum absolute atomic E-state index is 11.9. The van der Waals surface area contributed by atoms with Crippen molar-refractivity contribution in [3.8, 4) is 0 Å². The number of benzene rings is 1. The van der Waals surface area contributed by atoms with Crippen LogP contribution in [0.4, 0.5) is 0 Å². The van der Waals surface area contributed by atoms with E-state index in [-0.39, 0.29) is 5.69 Å². The van der Waals surface area contributed by atoms with Crippen molar-refractivity contribution in [1.29, 1.82) is 0 Å². The third-order valence-corrected chi connectivity index (χ3v) is 3.55. The number of fused-ring (bicyclic) bond motifs is 1. The smallest absolute Gasteiger partial charge is 0.295 e. The molecule has 0 bridgehead atoms. The summed E-state index contributed by atoms with van der Waals surface area (Å²) in [5.74, 6) is 0.676. The summed E-state index contributed by atoms with van der Waals surface area (Å²) >= 11 is 0. The molecule has 2 aromatic rings. The quantitative estimate of drug-likeness (QED) is 0.759. The molecule has 1 heterocycles. The van der Waals surface area contributed by atoms with Gasteiger partial charge >= 0.3 is 5.69 Å². The summed E-state index contributed by atoms with van der Waals surface area (Å²) in [6.07, 6.45) is 2.53. The Morgan fingerprint density at radius 2 is 1.72 bits per heavy atom. The van der Waals surface area contributed by atoms with Gasteiger partial charge in [0, 0.05) is 14.1 Å². The highest BCUT2D eigenvalue weighted by molar-refractivity contribution is 5.81. The molecule has 1 aliphatic rings. The zero-order chi connectivity index (χ0) is 13.4. The van der Waals surface area contributed by atoms with Crippen molar-refractivity contribution in [1.82, 2.24) is 9.13 Å². The van der Waals surface area contributed by atoms with Crippen LogP contribution in [0.15, 0.2) is 16.9 Å². The Kier molecular flexibility index (Phi) is 3.33. The molecule has 0 amide bonds. The van der Waals surface area contributed by atoms with Gasteiger partial charge in [-0.25, -0.2) is 4.79 Å². The minimum atomic E-state index is 0.0718. The zero-order valence-corrected chi connectivity index (χ0v) is 11.9. The lowest BCUT2D eigenvalue weighted by Gasteiger charge is -2.05. The molecule has 0 radical (unpaired) electrons. The van der Waals surface area contributed by atoms with Crippen LogP contribution in [0.2, 0.25) is 0 Å². The van der Waals surface area contributed by atoms with Gasteiger partial charge in [0.25, 0.3) is 0 Å². The minimum Gasteiger partial charge on any atom is -0.295 e. The summed E-state index contributed by atoms with van der Waals surface area (Å²) in [7, 11) is 3.71. The minimum absolute atomic E-state index is 0.0718. The molecule has 0 spiro atoms. The van der Waals surface area contributed by atoms with E-state index in [0.29, 0.717) is 5.92 Å². The maximum atomic E-state index is 11.9. The van der Waals surface area contributed by atoms with Crippen molar-refractivity contribution >= 4 is 11.0 Å². The molecule has 1 aromatic heterocycles. The molecular weight excluding hydrogens is 224 g/mol. The first-order valence-electron chi connectivity index (χ1n) is 6.75. The summed E-state index contributed by atoms with van der Waals surface area (Å²) in [5, 5.41) is 0. The Hall–Kier alpha value is -1.51. The Balaban J connectivity index is 0.000000574. The topological polar surface area (TPSA) is 26.9 Å². The fourth-order valence-electron chi connectivity index (χ4n) is 2.54. The van der Waals surface area contributed by atoms with E-state index < -0.39 is 0 Å². The van der Waals surface area contributed by atoms with Gasteiger partial charge in [0.1, 0.15) is 0 Å². The second kappa shape index (κ2) is 4.63. The van der Waals surface area contributed by atoms with Gasteiger partial charge in [-0.15, -0.1) is 0 Å². The van der Waals surface area contributed by atoms with Crippen molar-refractivity contribution < 1.29 is 0 Å². The van der Waals surface area contributed by atoms with Crippen LogP contribution < -0.4 is 5.69 Å². The van der Waals surface area contributed by atoms with E-state index in [1.54, 1.807) is 9.13 Å². The van der Waals surface area contributed by atoms with Crippen LogP contribution in [0.5, 0.6) is 0 Å². The van der Waals surface area contributed by atoms with Crippen molar-refractivity contribution in [2.24, 2.45) is 14.1 Å². The monoisotopic (exact) mass is 246 g/mol. The molecule has 3 rings (SSSR count). The summed E-state index contributed by atoms with van der Waals surface area (Å²) in [6, 6.07) is 4.34. The van der Waals surface area contributed by atoms with E-state index in [4.69, 9.17) is 0 Å². The molecule has 1 aromatic carbocycles. The van der Waals surface area contributed by atoms with Crippen molar-refractivity contribution in [2.75, 3.05) is 0 Å². The third kappa shape index (κ3) is 1.88. The predicted octanol–water partition coefficient (Wildman–Crippen LogP) is 3.09. The maximum Gasteiger partial charge on any atom is 0.328 e. The van der Waals surface area contributed by atoms with Crippen molar-refractivity contribution in [2.45, 2.75) is 39.5 Å². The number of aromatic nitrogens is 2. The van der Waals surface area contributed by atoms with Gasteiger partial charge in [-0.1, -0.05) is 19.9 Å². The number of hydrogen-bond donors (Lipinski definition) is 0. The Bertz CT molecular complexity index is 630. The molecule has 3 heteroatoms. The second-order valence-corrected chi connectivity index (χ2v) is 4.90. The lowest BCUT2D eigenvalue weighted by Crippen LogP contribution is -2.19. The number of aryl methyl sites for hydroxylation is 3.